The molecule has 0 saturated carbocycles. The maximum Gasteiger partial charge on any atom is 0.326 e. The molecule has 7 heteroatoms. The Kier molecular flexibility index (Phi) is 5.07. The summed E-state index contributed by atoms with van der Waals surface area (Å²) >= 11 is 3.39. The van der Waals surface area contributed by atoms with Crippen molar-refractivity contribution >= 4 is 33.9 Å². The standard InChI is InChI=1S/C15H13BrN2O4/c1-3-5-22-13-8-10(16)9(7-12(13)21-4-2)6-11-14(19)18-15(20)17-11/h1,6-8H,4-5H2,2H3,(H2,17,18,19,20)/b11-6+. The second kappa shape index (κ2) is 7.00. The molecule has 22 heavy (non-hydrogen) atoms. The fourth-order valence-corrected chi connectivity index (χ4v) is 2.24. The van der Waals surface area contributed by atoms with Gasteiger partial charge in [-0.05, 0) is 30.7 Å². The van der Waals surface area contributed by atoms with Gasteiger partial charge in [-0.15, -0.1) is 6.42 Å². The van der Waals surface area contributed by atoms with Crippen molar-refractivity contribution in [2.45, 2.75) is 6.92 Å². The van der Waals surface area contributed by atoms with Crippen molar-refractivity contribution in [3.63, 3.8) is 0 Å². The van der Waals surface area contributed by atoms with Crippen molar-refractivity contribution in [2.75, 3.05) is 13.2 Å². The third-order valence-corrected chi connectivity index (χ3v) is 3.38. The van der Waals surface area contributed by atoms with Crippen LogP contribution in [0.4, 0.5) is 4.79 Å². The Labute approximate surface area is 136 Å². The zero-order valence-electron chi connectivity index (χ0n) is 11.7. The van der Waals surface area contributed by atoms with Crippen LogP contribution < -0.4 is 20.1 Å². The lowest BCUT2D eigenvalue weighted by atomic mass is 10.1. The molecule has 0 aromatic heterocycles. The first kappa shape index (κ1) is 15.9. The lowest BCUT2D eigenvalue weighted by Gasteiger charge is -2.12. The number of rotatable bonds is 5. The van der Waals surface area contributed by atoms with Crippen molar-refractivity contribution in [1.29, 1.82) is 0 Å². The molecule has 1 saturated heterocycles. The van der Waals surface area contributed by atoms with Crippen LogP contribution in [-0.4, -0.2) is 25.2 Å². The summed E-state index contributed by atoms with van der Waals surface area (Å²) in [4.78, 5) is 22.7. The van der Waals surface area contributed by atoms with Crippen LogP contribution in [0.5, 0.6) is 11.5 Å². The molecule has 1 fully saturated rings. The summed E-state index contributed by atoms with van der Waals surface area (Å²) in [6.45, 7) is 2.41. The zero-order valence-corrected chi connectivity index (χ0v) is 13.3. The number of carbonyl (C=O) groups excluding carboxylic acids is 2. The van der Waals surface area contributed by atoms with E-state index in [1.54, 1.807) is 12.1 Å². The topological polar surface area (TPSA) is 76.7 Å². The van der Waals surface area contributed by atoms with Gasteiger partial charge in [0.25, 0.3) is 5.91 Å². The quantitative estimate of drug-likeness (QED) is 0.476. The van der Waals surface area contributed by atoms with E-state index in [0.29, 0.717) is 28.1 Å². The van der Waals surface area contributed by atoms with E-state index in [-0.39, 0.29) is 12.3 Å². The van der Waals surface area contributed by atoms with Gasteiger partial charge in [-0.2, -0.15) is 0 Å². The van der Waals surface area contributed by atoms with Crippen LogP contribution in [0.3, 0.4) is 0 Å². The highest BCUT2D eigenvalue weighted by molar-refractivity contribution is 9.10. The Bertz CT molecular complexity index is 692. The molecule has 0 aliphatic carbocycles. The van der Waals surface area contributed by atoms with Crippen LogP contribution in [0.1, 0.15) is 12.5 Å². The van der Waals surface area contributed by atoms with E-state index in [9.17, 15) is 9.59 Å². The average Bonchev–Trinajstić information content (AvgIpc) is 2.79. The van der Waals surface area contributed by atoms with Gasteiger partial charge in [0.15, 0.2) is 11.5 Å². The Morgan fingerprint density at radius 1 is 1.27 bits per heavy atom. The minimum atomic E-state index is -0.550. The third-order valence-electron chi connectivity index (χ3n) is 2.69. The second-order valence-corrected chi connectivity index (χ2v) is 5.07. The minimum absolute atomic E-state index is 0.116. The van der Waals surface area contributed by atoms with E-state index < -0.39 is 11.9 Å². The summed E-state index contributed by atoms with van der Waals surface area (Å²) in [7, 11) is 0. The zero-order chi connectivity index (χ0) is 16.1. The van der Waals surface area contributed by atoms with Gasteiger partial charge in [0.1, 0.15) is 12.3 Å². The van der Waals surface area contributed by atoms with Gasteiger partial charge >= 0.3 is 6.03 Å². The summed E-state index contributed by atoms with van der Waals surface area (Å²) in [6.07, 6.45) is 6.72. The van der Waals surface area contributed by atoms with E-state index in [1.807, 2.05) is 6.92 Å². The fourth-order valence-electron chi connectivity index (χ4n) is 1.80. The molecular weight excluding hydrogens is 352 g/mol. The normalized spacial score (nSPS) is 15.2. The number of benzene rings is 1. The Hall–Kier alpha value is -2.46. The highest BCUT2D eigenvalue weighted by Crippen LogP contribution is 2.35. The number of nitrogens with one attached hydrogen (secondary N) is 2. The summed E-state index contributed by atoms with van der Waals surface area (Å²) in [6, 6.07) is 2.85. The monoisotopic (exact) mass is 364 g/mol. The number of hydrogen-bond donors (Lipinski definition) is 2. The van der Waals surface area contributed by atoms with Crippen molar-refractivity contribution in [3.05, 3.63) is 27.9 Å². The molecule has 1 aliphatic rings. The molecule has 1 aliphatic heterocycles. The van der Waals surface area contributed by atoms with E-state index in [0.717, 1.165) is 0 Å². The Balaban J connectivity index is 2.38. The predicted octanol–water partition coefficient (Wildman–Crippen LogP) is 2.04. The first-order chi connectivity index (χ1) is 10.5. The third kappa shape index (κ3) is 3.59. The molecule has 0 spiro atoms. The number of imide groups is 1. The fraction of sp³-hybridized carbons (Fsp3) is 0.200. The van der Waals surface area contributed by atoms with Gasteiger partial charge in [0.2, 0.25) is 0 Å². The first-order valence-corrected chi connectivity index (χ1v) is 7.21. The maximum absolute atomic E-state index is 11.6. The second-order valence-electron chi connectivity index (χ2n) is 4.21. The molecule has 0 atom stereocenters. The number of terminal acetylenes is 1. The van der Waals surface area contributed by atoms with Crippen LogP contribution in [0.15, 0.2) is 22.3 Å². The lowest BCUT2D eigenvalue weighted by molar-refractivity contribution is -0.115. The van der Waals surface area contributed by atoms with Crippen molar-refractivity contribution < 1.29 is 19.1 Å². The number of ether oxygens (including phenoxy) is 2. The van der Waals surface area contributed by atoms with Crippen molar-refractivity contribution in [3.8, 4) is 23.8 Å². The van der Waals surface area contributed by atoms with Gasteiger partial charge in [-0.1, -0.05) is 21.9 Å². The summed E-state index contributed by atoms with van der Waals surface area (Å²) in [5, 5.41) is 4.56. The number of halogens is 1. The van der Waals surface area contributed by atoms with Crippen molar-refractivity contribution in [2.24, 2.45) is 0 Å². The number of hydrogen-bond acceptors (Lipinski definition) is 4. The SMILES string of the molecule is C#CCOc1cc(Br)c(/C=C2/NC(=O)NC2=O)cc1OCC. The summed E-state index contributed by atoms with van der Waals surface area (Å²) in [5.41, 5.74) is 0.814. The van der Waals surface area contributed by atoms with Gasteiger partial charge in [-0.25, -0.2) is 4.79 Å². The molecule has 2 rings (SSSR count). The smallest absolute Gasteiger partial charge is 0.326 e. The van der Waals surface area contributed by atoms with E-state index >= 15 is 0 Å². The largest absolute Gasteiger partial charge is 0.490 e. The average molecular weight is 365 g/mol. The van der Waals surface area contributed by atoms with Gasteiger partial charge in [0.05, 0.1) is 6.61 Å². The molecule has 0 unspecified atom stereocenters. The molecule has 3 amide bonds. The van der Waals surface area contributed by atoms with Gasteiger partial charge < -0.3 is 14.8 Å². The van der Waals surface area contributed by atoms with Gasteiger partial charge in [0, 0.05) is 4.47 Å². The highest BCUT2D eigenvalue weighted by atomic mass is 79.9. The molecular formula is C15H13BrN2O4. The molecule has 1 aromatic rings. The number of urea groups is 1. The first-order valence-electron chi connectivity index (χ1n) is 6.41. The predicted molar refractivity (Wildman–Crippen MR) is 84.3 cm³/mol. The van der Waals surface area contributed by atoms with Crippen LogP contribution in [-0.2, 0) is 4.79 Å². The minimum Gasteiger partial charge on any atom is -0.490 e. The van der Waals surface area contributed by atoms with Crippen LogP contribution >= 0.6 is 15.9 Å². The highest BCUT2D eigenvalue weighted by Gasteiger charge is 2.23. The van der Waals surface area contributed by atoms with Crippen LogP contribution in [0.2, 0.25) is 0 Å². The van der Waals surface area contributed by atoms with Crippen LogP contribution in [0.25, 0.3) is 6.08 Å². The Morgan fingerprint density at radius 3 is 2.59 bits per heavy atom. The summed E-state index contributed by atoms with van der Waals surface area (Å²) < 4.78 is 11.6. The summed E-state index contributed by atoms with van der Waals surface area (Å²) in [5.74, 6) is 2.89. The van der Waals surface area contributed by atoms with Crippen molar-refractivity contribution in [1.82, 2.24) is 10.6 Å². The molecule has 1 heterocycles. The molecule has 2 N–H and O–H groups in total. The van der Waals surface area contributed by atoms with Gasteiger partial charge in [-0.3, -0.25) is 10.1 Å². The maximum atomic E-state index is 11.6. The number of amides is 3. The molecule has 6 nitrogen and oxygen atoms in total. The van der Waals surface area contributed by atoms with Crippen LogP contribution in [0, 0.1) is 12.3 Å². The Morgan fingerprint density at radius 2 is 2.00 bits per heavy atom. The van der Waals surface area contributed by atoms with E-state index in [2.05, 4.69) is 32.5 Å². The van der Waals surface area contributed by atoms with E-state index in [1.165, 1.54) is 6.08 Å². The molecule has 0 bridgehead atoms. The molecule has 0 radical (unpaired) electrons. The van der Waals surface area contributed by atoms with E-state index in [4.69, 9.17) is 15.9 Å². The molecule has 1 aromatic carbocycles. The lowest BCUT2D eigenvalue weighted by Crippen LogP contribution is -2.22. The molecule has 114 valence electrons. The number of carbonyl (C=O) groups is 2.